The van der Waals surface area contributed by atoms with Gasteiger partial charge in [-0.3, -0.25) is 4.79 Å². The first kappa shape index (κ1) is 10.3. The minimum Gasteiger partial charge on any atom is -0.340 e. The third-order valence-electron chi connectivity index (χ3n) is 1.88. The highest BCUT2D eigenvalue weighted by atomic mass is 16.1. The first-order chi connectivity index (χ1) is 7.66. The van der Waals surface area contributed by atoms with Crippen molar-refractivity contribution in [1.29, 1.82) is 0 Å². The summed E-state index contributed by atoms with van der Waals surface area (Å²) in [6, 6.07) is 0. The first-order valence-corrected chi connectivity index (χ1v) is 4.77. The summed E-state index contributed by atoms with van der Waals surface area (Å²) in [4.78, 5) is 26.3. The van der Waals surface area contributed by atoms with Crippen molar-refractivity contribution in [3.8, 4) is 0 Å². The minimum atomic E-state index is -0.213. The van der Waals surface area contributed by atoms with Crippen molar-refractivity contribution in [2.45, 2.75) is 13.8 Å². The van der Waals surface area contributed by atoms with Crippen LogP contribution in [0.2, 0.25) is 0 Å². The molecule has 6 nitrogen and oxygen atoms in total. The Hall–Kier alpha value is -2.24. The van der Waals surface area contributed by atoms with Gasteiger partial charge in [0.25, 0.3) is 0 Å². The van der Waals surface area contributed by atoms with Gasteiger partial charge in [-0.05, 0) is 13.8 Å². The van der Waals surface area contributed by atoms with Crippen molar-refractivity contribution in [2.75, 3.05) is 5.32 Å². The van der Waals surface area contributed by atoms with Gasteiger partial charge in [0.1, 0.15) is 11.8 Å². The van der Waals surface area contributed by atoms with Gasteiger partial charge in [-0.25, -0.2) is 15.0 Å². The van der Waals surface area contributed by atoms with Crippen molar-refractivity contribution in [3.63, 3.8) is 0 Å². The van der Waals surface area contributed by atoms with E-state index < -0.39 is 0 Å². The van der Waals surface area contributed by atoms with Gasteiger partial charge in [0.15, 0.2) is 11.5 Å². The molecule has 0 atom stereocenters. The lowest BCUT2D eigenvalue weighted by molar-refractivity contribution is -0.112. The molecular weight excluding hydrogens is 206 g/mol. The van der Waals surface area contributed by atoms with Gasteiger partial charge in [-0.2, -0.15) is 0 Å². The zero-order chi connectivity index (χ0) is 11.5. The zero-order valence-corrected chi connectivity index (χ0v) is 8.98. The molecule has 6 heteroatoms. The molecule has 2 aromatic heterocycles. The summed E-state index contributed by atoms with van der Waals surface area (Å²) in [6.45, 7) is 3.71. The van der Waals surface area contributed by atoms with E-state index in [2.05, 4.69) is 25.3 Å². The summed E-state index contributed by atoms with van der Waals surface area (Å²) in [6.07, 6.45) is 4.38. The molecule has 0 unspecified atom stereocenters. The summed E-state index contributed by atoms with van der Waals surface area (Å²) in [5, 5.41) is 2.66. The maximum absolute atomic E-state index is 11.5. The second kappa shape index (κ2) is 4.09. The van der Waals surface area contributed by atoms with Crippen LogP contribution in [0.15, 0.2) is 24.3 Å². The Balaban J connectivity index is 2.31. The molecule has 82 valence electrons. The van der Waals surface area contributed by atoms with E-state index >= 15 is 0 Å². The molecular formula is C10H11N5O. The molecule has 2 rings (SSSR count). The Morgan fingerprint density at radius 2 is 2.19 bits per heavy atom. The van der Waals surface area contributed by atoms with Crippen LogP contribution in [0.3, 0.4) is 0 Å². The normalized spacial score (nSPS) is 10.1. The highest BCUT2D eigenvalue weighted by Gasteiger charge is 2.07. The number of carbonyl (C=O) groups is 1. The van der Waals surface area contributed by atoms with E-state index in [1.54, 1.807) is 0 Å². The Bertz CT molecular complexity index is 553. The summed E-state index contributed by atoms with van der Waals surface area (Å²) in [5.41, 5.74) is 2.08. The number of allylic oxidation sites excluding steroid dienone is 1. The predicted molar refractivity (Wildman–Crippen MR) is 59.7 cm³/mol. The molecule has 2 heterocycles. The second-order valence-electron chi connectivity index (χ2n) is 3.53. The van der Waals surface area contributed by atoms with Crippen LogP contribution >= 0.6 is 0 Å². The number of aromatic nitrogens is 4. The summed E-state index contributed by atoms with van der Waals surface area (Å²) in [7, 11) is 0. The molecule has 0 saturated heterocycles. The van der Waals surface area contributed by atoms with Crippen molar-refractivity contribution < 1.29 is 4.79 Å². The summed E-state index contributed by atoms with van der Waals surface area (Å²) >= 11 is 0. The predicted octanol–water partition coefficient (Wildman–Crippen LogP) is 1.26. The van der Waals surface area contributed by atoms with Crippen LogP contribution < -0.4 is 5.32 Å². The summed E-state index contributed by atoms with van der Waals surface area (Å²) in [5.74, 6) is 0.222. The number of nitrogens with zero attached hydrogens (tertiary/aromatic N) is 3. The van der Waals surface area contributed by atoms with E-state index in [9.17, 15) is 4.79 Å². The number of hydrogen-bond acceptors (Lipinski definition) is 4. The van der Waals surface area contributed by atoms with Crippen LogP contribution in [0.4, 0.5) is 5.82 Å². The molecule has 0 aliphatic carbocycles. The van der Waals surface area contributed by atoms with Gasteiger partial charge < -0.3 is 10.3 Å². The van der Waals surface area contributed by atoms with E-state index in [1.807, 2.05) is 13.8 Å². The minimum absolute atomic E-state index is 0.213. The van der Waals surface area contributed by atoms with Crippen LogP contribution in [-0.4, -0.2) is 25.8 Å². The molecule has 2 N–H and O–H groups in total. The fourth-order valence-electron chi connectivity index (χ4n) is 1.27. The quantitative estimate of drug-likeness (QED) is 0.742. The molecule has 16 heavy (non-hydrogen) atoms. The number of rotatable bonds is 2. The van der Waals surface area contributed by atoms with Crippen molar-refractivity contribution in [1.82, 2.24) is 19.9 Å². The fraction of sp³-hybridized carbons (Fsp3) is 0.200. The lowest BCUT2D eigenvalue weighted by Crippen LogP contribution is -2.10. The molecule has 0 radical (unpaired) electrons. The average Bonchev–Trinajstić information content (AvgIpc) is 2.65. The number of H-pyrrole nitrogens is 1. The molecule has 0 aliphatic rings. The molecule has 0 aliphatic heterocycles. The average molecular weight is 217 g/mol. The van der Waals surface area contributed by atoms with Crippen molar-refractivity contribution >= 4 is 22.9 Å². The molecule has 0 spiro atoms. The van der Waals surface area contributed by atoms with Gasteiger partial charge in [-0.1, -0.05) is 5.57 Å². The lowest BCUT2D eigenvalue weighted by atomic mass is 10.3. The Morgan fingerprint density at radius 1 is 1.38 bits per heavy atom. The van der Waals surface area contributed by atoms with Gasteiger partial charge in [0, 0.05) is 6.08 Å². The maximum atomic E-state index is 11.5. The van der Waals surface area contributed by atoms with Crippen molar-refractivity contribution in [3.05, 3.63) is 24.3 Å². The zero-order valence-electron chi connectivity index (χ0n) is 8.98. The van der Waals surface area contributed by atoms with Gasteiger partial charge in [-0.15, -0.1) is 0 Å². The molecule has 0 fully saturated rings. The van der Waals surface area contributed by atoms with Gasteiger partial charge in [0.2, 0.25) is 5.91 Å². The maximum Gasteiger partial charge on any atom is 0.249 e. The largest absolute Gasteiger partial charge is 0.340 e. The van der Waals surface area contributed by atoms with Crippen LogP contribution in [-0.2, 0) is 4.79 Å². The number of carbonyl (C=O) groups excluding carboxylic acids is 1. The number of imidazole rings is 1. The monoisotopic (exact) mass is 217 g/mol. The number of hydrogen-bond donors (Lipinski definition) is 2. The van der Waals surface area contributed by atoms with E-state index in [0.717, 1.165) is 5.57 Å². The molecule has 2 aromatic rings. The van der Waals surface area contributed by atoms with E-state index in [-0.39, 0.29) is 5.91 Å². The standard InChI is InChI=1S/C10H11N5O/c1-6(2)3-7(16)15-10-8-9(12-4-11-8)13-5-14-10/h3-5H,1-2H3,(H2,11,12,13,14,15,16). The number of fused-ring (bicyclic) bond motifs is 1. The smallest absolute Gasteiger partial charge is 0.249 e. The molecule has 0 aromatic carbocycles. The number of nitrogens with one attached hydrogen (secondary N) is 2. The third kappa shape index (κ3) is 2.05. The first-order valence-electron chi connectivity index (χ1n) is 4.77. The van der Waals surface area contributed by atoms with Gasteiger partial charge in [0.05, 0.1) is 6.33 Å². The van der Waals surface area contributed by atoms with Crippen molar-refractivity contribution in [2.24, 2.45) is 0 Å². The second-order valence-corrected chi connectivity index (χ2v) is 3.53. The lowest BCUT2D eigenvalue weighted by Gasteiger charge is -2.01. The number of amides is 1. The number of aromatic amines is 1. The fourth-order valence-corrected chi connectivity index (χ4v) is 1.27. The number of anilines is 1. The molecule has 0 saturated carbocycles. The molecule has 0 bridgehead atoms. The summed E-state index contributed by atoms with van der Waals surface area (Å²) < 4.78 is 0. The van der Waals surface area contributed by atoms with Crippen LogP contribution in [0.5, 0.6) is 0 Å². The van der Waals surface area contributed by atoms with E-state index in [0.29, 0.717) is 17.0 Å². The van der Waals surface area contributed by atoms with Crippen LogP contribution in [0, 0.1) is 0 Å². The van der Waals surface area contributed by atoms with E-state index in [1.165, 1.54) is 18.7 Å². The Kier molecular flexibility index (Phi) is 2.63. The van der Waals surface area contributed by atoms with E-state index in [4.69, 9.17) is 0 Å². The topological polar surface area (TPSA) is 83.6 Å². The molecule has 1 amide bonds. The van der Waals surface area contributed by atoms with Gasteiger partial charge >= 0.3 is 0 Å². The SMILES string of the molecule is CC(C)=CC(=O)Nc1ncnc2nc[nH]c12. The third-order valence-corrected chi connectivity index (χ3v) is 1.88. The Morgan fingerprint density at radius 3 is 2.94 bits per heavy atom. The highest BCUT2D eigenvalue weighted by molar-refractivity contribution is 6.02. The van der Waals surface area contributed by atoms with Crippen LogP contribution in [0.25, 0.3) is 11.2 Å². The Labute approximate surface area is 91.8 Å². The highest BCUT2D eigenvalue weighted by Crippen LogP contribution is 2.14. The van der Waals surface area contributed by atoms with Crippen LogP contribution in [0.1, 0.15) is 13.8 Å².